The molecule has 0 aliphatic rings. The number of hydrogen-bond acceptors (Lipinski definition) is 3. The van der Waals surface area contributed by atoms with E-state index in [9.17, 15) is 22.0 Å². The summed E-state index contributed by atoms with van der Waals surface area (Å²) in [7, 11) is 3.12. The highest BCUT2D eigenvalue weighted by Gasteiger charge is 2.35. The summed E-state index contributed by atoms with van der Waals surface area (Å²) in [4.78, 5) is 1.55. The number of hydrogen-bond donors (Lipinski definition) is 0. The number of alkyl halides is 3. The van der Waals surface area contributed by atoms with Crippen LogP contribution in [0.2, 0.25) is 0 Å². The molecule has 9 heteroatoms. The van der Waals surface area contributed by atoms with E-state index in [0.29, 0.717) is 11.8 Å². The molecule has 0 aliphatic heterocycles. The van der Waals surface area contributed by atoms with E-state index in [0.717, 1.165) is 12.1 Å². The molecule has 3 aromatic rings. The van der Waals surface area contributed by atoms with Crippen molar-refractivity contribution in [2.45, 2.75) is 6.18 Å². The molecule has 0 bridgehead atoms. The Labute approximate surface area is 145 Å². The molecule has 3 rings (SSSR count). The Kier molecular flexibility index (Phi) is 4.39. The summed E-state index contributed by atoms with van der Waals surface area (Å²) in [5.41, 5.74) is -0.847. The predicted molar refractivity (Wildman–Crippen MR) is 85.9 cm³/mol. The van der Waals surface area contributed by atoms with Gasteiger partial charge in [-0.05, 0) is 42.5 Å². The van der Waals surface area contributed by atoms with Crippen LogP contribution in [0.4, 0.5) is 33.6 Å². The summed E-state index contributed by atoms with van der Waals surface area (Å²) >= 11 is 0. The van der Waals surface area contributed by atoms with Gasteiger partial charge >= 0.3 is 6.18 Å². The predicted octanol–water partition coefficient (Wildman–Crippen LogP) is 4.55. The first-order valence-electron chi connectivity index (χ1n) is 7.44. The number of benzene rings is 2. The van der Waals surface area contributed by atoms with E-state index in [1.165, 1.54) is 35.9 Å². The van der Waals surface area contributed by atoms with Crippen LogP contribution in [0.1, 0.15) is 5.56 Å². The van der Waals surface area contributed by atoms with Gasteiger partial charge in [-0.15, -0.1) is 10.2 Å². The van der Waals surface area contributed by atoms with Crippen LogP contribution in [0.3, 0.4) is 0 Å². The molecule has 0 radical (unpaired) electrons. The van der Waals surface area contributed by atoms with Gasteiger partial charge in [0.1, 0.15) is 11.6 Å². The van der Waals surface area contributed by atoms with Gasteiger partial charge in [0.05, 0.1) is 5.56 Å². The number of anilines is 2. The summed E-state index contributed by atoms with van der Waals surface area (Å²) in [6.45, 7) is 0. The van der Waals surface area contributed by atoms with Crippen molar-refractivity contribution in [1.29, 1.82) is 0 Å². The molecule has 26 heavy (non-hydrogen) atoms. The molecule has 0 saturated carbocycles. The van der Waals surface area contributed by atoms with E-state index in [1.54, 1.807) is 11.9 Å². The molecule has 0 atom stereocenters. The third kappa shape index (κ3) is 3.24. The van der Waals surface area contributed by atoms with Gasteiger partial charge in [0, 0.05) is 25.3 Å². The zero-order chi connectivity index (χ0) is 19.1. The Morgan fingerprint density at radius 1 is 0.923 bits per heavy atom. The molecule has 0 unspecified atom stereocenters. The highest BCUT2D eigenvalue weighted by molar-refractivity contribution is 5.65. The molecule has 0 saturated heterocycles. The Hall–Kier alpha value is -2.97. The van der Waals surface area contributed by atoms with Crippen molar-refractivity contribution in [3.8, 4) is 11.4 Å². The van der Waals surface area contributed by atoms with Crippen LogP contribution in [-0.2, 0) is 13.2 Å². The van der Waals surface area contributed by atoms with Gasteiger partial charge in [-0.1, -0.05) is 0 Å². The van der Waals surface area contributed by atoms with E-state index >= 15 is 0 Å². The summed E-state index contributed by atoms with van der Waals surface area (Å²) in [6, 6.07) is 7.89. The second-order valence-electron chi connectivity index (χ2n) is 5.61. The standard InChI is InChI=1S/C17H13F5N4/c1-25(12-6-3-10(18)4-7-12)16-24-23-15(26(16)2)13-8-5-11(19)9-14(13)17(20,21)22/h3-9H,1-2H3. The van der Waals surface area contributed by atoms with Crippen LogP contribution in [-0.4, -0.2) is 21.8 Å². The van der Waals surface area contributed by atoms with Crippen LogP contribution in [0.15, 0.2) is 42.5 Å². The van der Waals surface area contributed by atoms with Gasteiger partial charge < -0.3 is 4.90 Å². The first kappa shape index (κ1) is 17.8. The zero-order valence-electron chi connectivity index (χ0n) is 13.7. The summed E-state index contributed by atoms with van der Waals surface area (Å²) in [5, 5.41) is 7.75. The summed E-state index contributed by atoms with van der Waals surface area (Å²) in [5.74, 6) is -1.24. The molecule has 2 aromatic carbocycles. The largest absolute Gasteiger partial charge is 0.417 e. The molecule has 136 valence electrons. The van der Waals surface area contributed by atoms with Crippen LogP contribution < -0.4 is 4.90 Å². The minimum atomic E-state index is -4.74. The van der Waals surface area contributed by atoms with Crippen LogP contribution in [0, 0.1) is 11.6 Å². The number of nitrogens with zero attached hydrogens (tertiary/aromatic N) is 4. The molecule has 1 heterocycles. The van der Waals surface area contributed by atoms with Crippen molar-refractivity contribution in [1.82, 2.24) is 14.8 Å². The number of aromatic nitrogens is 3. The van der Waals surface area contributed by atoms with Crippen molar-refractivity contribution in [2.75, 3.05) is 11.9 Å². The van der Waals surface area contributed by atoms with E-state index < -0.39 is 23.4 Å². The lowest BCUT2D eigenvalue weighted by atomic mass is 10.1. The highest BCUT2D eigenvalue weighted by atomic mass is 19.4. The van der Waals surface area contributed by atoms with Gasteiger partial charge in [-0.3, -0.25) is 4.57 Å². The lowest BCUT2D eigenvalue weighted by molar-refractivity contribution is -0.137. The van der Waals surface area contributed by atoms with Crippen molar-refractivity contribution in [3.05, 3.63) is 59.7 Å². The van der Waals surface area contributed by atoms with Gasteiger partial charge in [0.25, 0.3) is 0 Å². The average molecular weight is 368 g/mol. The first-order chi connectivity index (χ1) is 12.2. The van der Waals surface area contributed by atoms with Gasteiger partial charge in [0.2, 0.25) is 5.95 Å². The van der Waals surface area contributed by atoms with Crippen molar-refractivity contribution in [3.63, 3.8) is 0 Å². The van der Waals surface area contributed by atoms with Crippen LogP contribution in [0.5, 0.6) is 0 Å². The quantitative estimate of drug-likeness (QED) is 0.636. The van der Waals surface area contributed by atoms with E-state index in [1.807, 2.05) is 0 Å². The minimum absolute atomic E-state index is 0.0683. The molecule has 0 aliphatic carbocycles. The van der Waals surface area contributed by atoms with Crippen molar-refractivity contribution < 1.29 is 22.0 Å². The second kappa shape index (κ2) is 6.40. The van der Waals surface area contributed by atoms with Crippen LogP contribution >= 0.6 is 0 Å². The topological polar surface area (TPSA) is 34.0 Å². The molecular weight excluding hydrogens is 355 g/mol. The molecule has 4 nitrogen and oxygen atoms in total. The lowest BCUT2D eigenvalue weighted by Gasteiger charge is -2.18. The van der Waals surface area contributed by atoms with Gasteiger partial charge in [0.15, 0.2) is 5.82 Å². The second-order valence-corrected chi connectivity index (χ2v) is 5.61. The van der Waals surface area contributed by atoms with E-state index in [2.05, 4.69) is 10.2 Å². The third-order valence-corrected chi connectivity index (χ3v) is 3.89. The van der Waals surface area contributed by atoms with Gasteiger partial charge in [-0.25, -0.2) is 8.78 Å². The number of rotatable bonds is 3. The molecule has 0 N–H and O–H groups in total. The maximum atomic E-state index is 13.3. The molecule has 0 amide bonds. The van der Waals surface area contributed by atoms with E-state index in [4.69, 9.17) is 0 Å². The normalized spacial score (nSPS) is 11.7. The SMILES string of the molecule is CN(c1ccc(F)cc1)c1nnc(-c2ccc(F)cc2C(F)(F)F)n1C. The Balaban J connectivity index is 2.07. The monoisotopic (exact) mass is 368 g/mol. The summed E-state index contributed by atoms with van der Waals surface area (Å²) in [6.07, 6.45) is -4.74. The third-order valence-electron chi connectivity index (χ3n) is 3.89. The molecule has 1 aromatic heterocycles. The highest BCUT2D eigenvalue weighted by Crippen LogP contribution is 2.37. The smallest absolute Gasteiger partial charge is 0.314 e. The zero-order valence-corrected chi connectivity index (χ0v) is 13.7. The maximum absolute atomic E-state index is 13.3. The van der Waals surface area contributed by atoms with E-state index in [-0.39, 0.29) is 17.3 Å². The fraction of sp³-hybridized carbons (Fsp3) is 0.176. The molecular formula is C17H13F5N4. The Morgan fingerprint density at radius 2 is 1.54 bits per heavy atom. The first-order valence-corrected chi connectivity index (χ1v) is 7.44. The summed E-state index contributed by atoms with van der Waals surface area (Å²) < 4.78 is 67.4. The fourth-order valence-corrected chi connectivity index (χ4v) is 2.57. The lowest BCUT2D eigenvalue weighted by Crippen LogP contribution is -2.15. The fourth-order valence-electron chi connectivity index (χ4n) is 2.57. The maximum Gasteiger partial charge on any atom is 0.417 e. The minimum Gasteiger partial charge on any atom is -0.314 e. The Bertz CT molecular complexity index is 931. The van der Waals surface area contributed by atoms with Crippen LogP contribution in [0.25, 0.3) is 11.4 Å². The van der Waals surface area contributed by atoms with Crippen molar-refractivity contribution >= 4 is 11.6 Å². The van der Waals surface area contributed by atoms with Gasteiger partial charge in [-0.2, -0.15) is 13.2 Å². The molecule has 0 fully saturated rings. The average Bonchev–Trinajstić information content (AvgIpc) is 2.95. The Morgan fingerprint density at radius 3 is 2.15 bits per heavy atom. The number of halogens is 5. The molecule has 0 spiro atoms. The van der Waals surface area contributed by atoms with Crippen molar-refractivity contribution in [2.24, 2.45) is 7.05 Å².